The number of aromatic nitrogens is 2. The normalized spacial score (nSPS) is 11.4. The number of sulfonamides is 1. The SMILES string of the molecule is NC(=S)c1cc(S(=O)(=O)NCc2ncon2)ccc1F. The molecule has 0 saturated carbocycles. The third-order valence-electron chi connectivity index (χ3n) is 2.34. The van der Waals surface area contributed by atoms with Crippen molar-refractivity contribution >= 4 is 27.2 Å². The van der Waals surface area contributed by atoms with Crippen molar-refractivity contribution in [2.75, 3.05) is 0 Å². The first-order valence-electron chi connectivity index (χ1n) is 5.24. The minimum absolute atomic E-state index is 0.137. The monoisotopic (exact) mass is 316 g/mol. The molecule has 2 rings (SSSR count). The first-order chi connectivity index (χ1) is 9.40. The summed E-state index contributed by atoms with van der Waals surface area (Å²) in [7, 11) is -3.86. The van der Waals surface area contributed by atoms with Crippen LogP contribution < -0.4 is 10.5 Å². The van der Waals surface area contributed by atoms with Crippen LogP contribution in [0.25, 0.3) is 0 Å². The predicted molar refractivity (Wildman–Crippen MR) is 70.6 cm³/mol. The number of halogens is 1. The first kappa shape index (κ1) is 14.5. The molecule has 0 aliphatic heterocycles. The Morgan fingerprint density at radius 3 is 2.85 bits per heavy atom. The number of hydrogen-bond acceptors (Lipinski definition) is 6. The van der Waals surface area contributed by atoms with Gasteiger partial charge in [0.2, 0.25) is 16.4 Å². The zero-order chi connectivity index (χ0) is 14.8. The molecule has 0 spiro atoms. The molecule has 0 aliphatic rings. The van der Waals surface area contributed by atoms with E-state index in [4.69, 9.17) is 5.73 Å². The van der Waals surface area contributed by atoms with Gasteiger partial charge in [0.25, 0.3) is 0 Å². The van der Waals surface area contributed by atoms with Crippen molar-refractivity contribution in [3.05, 3.63) is 41.8 Å². The summed E-state index contributed by atoms with van der Waals surface area (Å²) in [5, 5.41) is 3.46. The number of nitrogens with one attached hydrogen (secondary N) is 1. The van der Waals surface area contributed by atoms with Crippen LogP contribution in [0.15, 0.2) is 34.0 Å². The van der Waals surface area contributed by atoms with E-state index in [-0.39, 0.29) is 27.8 Å². The maximum atomic E-state index is 13.4. The van der Waals surface area contributed by atoms with E-state index in [0.29, 0.717) is 0 Å². The van der Waals surface area contributed by atoms with Gasteiger partial charge in [-0.3, -0.25) is 0 Å². The number of rotatable bonds is 5. The molecule has 1 heterocycles. The molecule has 0 aliphatic carbocycles. The van der Waals surface area contributed by atoms with Gasteiger partial charge in [0.05, 0.1) is 11.4 Å². The van der Waals surface area contributed by atoms with E-state index in [9.17, 15) is 12.8 Å². The maximum absolute atomic E-state index is 13.4. The second kappa shape index (κ2) is 5.61. The van der Waals surface area contributed by atoms with Gasteiger partial charge in [-0.1, -0.05) is 17.4 Å². The molecular formula is C10H9FN4O3S2. The Morgan fingerprint density at radius 2 is 2.25 bits per heavy atom. The molecule has 0 amide bonds. The molecule has 0 atom stereocenters. The molecule has 7 nitrogen and oxygen atoms in total. The molecular weight excluding hydrogens is 307 g/mol. The van der Waals surface area contributed by atoms with E-state index < -0.39 is 15.8 Å². The molecule has 0 bridgehead atoms. The Bertz CT molecular complexity index is 731. The minimum Gasteiger partial charge on any atom is -0.389 e. The van der Waals surface area contributed by atoms with Crippen LogP contribution in [-0.4, -0.2) is 23.5 Å². The lowest BCUT2D eigenvalue weighted by atomic mass is 10.2. The highest BCUT2D eigenvalue weighted by Gasteiger charge is 2.17. The van der Waals surface area contributed by atoms with Crippen LogP contribution in [0.3, 0.4) is 0 Å². The average molecular weight is 316 g/mol. The highest BCUT2D eigenvalue weighted by molar-refractivity contribution is 7.89. The predicted octanol–water partition coefficient (Wildman–Crippen LogP) is 0.321. The van der Waals surface area contributed by atoms with Gasteiger partial charge in [0, 0.05) is 5.56 Å². The summed E-state index contributed by atoms with van der Waals surface area (Å²) in [6.07, 6.45) is 1.08. The van der Waals surface area contributed by atoms with E-state index in [1.54, 1.807) is 0 Å². The standard InChI is InChI=1S/C10H9FN4O3S2/c11-8-2-1-6(3-7(8)10(12)19)20(16,17)14-4-9-13-5-18-15-9/h1-3,5,14H,4H2,(H2,12,19). The third kappa shape index (κ3) is 3.15. The van der Waals surface area contributed by atoms with Crippen molar-refractivity contribution < 1.29 is 17.3 Å². The van der Waals surface area contributed by atoms with E-state index in [1.807, 2.05) is 0 Å². The first-order valence-corrected chi connectivity index (χ1v) is 7.13. The Labute approximate surface area is 119 Å². The summed E-state index contributed by atoms with van der Waals surface area (Å²) < 4.78 is 44.1. The van der Waals surface area contributed by atoms with Crippen molar-refractivity contribution in [1.29, 1.82) is 0 Å². The second-order valence-corrected chi connectivity index (χ2v) is 5.88. The van der Waals surface area contributed by atoms with Crippen molar-refractivity contribution in [3.8, 4) is 0 Å². The number of nitrogens with two attached hydrogens (primary N) is 1. The molecule has 106 valence electrons. The highest BCUT2D eigenvalue weighted by Crippen LogP contribution is 2.15. The zero-order valence-electron chi connectivity index (χ0n) is 9.91. The summed E-state index contributed by atoms with van der Waals surface area (Å²) in [6.45, 7) is -0.154. The number of nitrogens with zero attached hydrogens (tertiary/aromatic N) is 2. The maximum Gasteiger partial charge on any atom is 0.241 e. The summed E-state index contributed by atoms with van der Waals surface area (Å²) in [6, 6.07) is 3.16. The summed E-state index contributed by atoms with van der Waals surface area (Å²) in [5.41, 5.74) is 5.19. The average Bonchev–Trinajstić information content (AvgIpc) is 2.89. The molecule has 1 aromatic heterocycles. The topological polar surface area (TPSA) is 111 Å². The molecule has 1 aromatic carbocycles. The minimum atomic E-state index is -3.86. The Kier molecular flexibility index (Phi) is 4.06. The van der Waals surface area contributed by atoms with Crippen molar-refractivity contribution in [2.45, 2.75) is 11.4 Å². The molecule has 20 heavy (non-hydrogen) atoms. The number of hydrogen-bond donors (Lipinski definition) is 2. The van der Waals surface area contributed by atoms with Crippen molar-refractivity contribution in [1.82, 2.24) is 14.9 Å². The summed E-state index contributed by atoms with van der Waals surface area (Å²) in [5.74, 6) is -0.514. The molecule has 0 saturated heterocycles. The van der Waals surface area contributed by atoms with Gasteiger partial charge < -0.3 is 10.3 Å². The lowest BCUT2D eigenvalue weighted by Gasteiger charge is -2.07. The van der Waals surface area contributed by atoms with Gasteiger partial charge in [-0.15, -0.1) is 0 Å². The largest absolute Gasteiger partial charge is 0.389 e. The van der Waals surface area contributed by atoms with Gasteiger partial charge >= 0.3 is 0 Å². The molecule has 3 N–H and O–H groups in total. The van der Waals surface area contributed by atoms with E-state index >= 15 is 0 Å². The Morgan fingerprint density at radius 1 is 1.50 bits per heavy atom. The number of thiocarbonyl (C=S) groups is 1. The van der Waals surface area contributed by atoms with Gasteiger partial charge in [-0.2, -0.15) is 4.98 Å². The molecule has 0 unspecified atom stereocenters. The fourth-order valence-corrected chi connectivity index (χ4v) is 2.54. The fourth-order valence-electron chi connectivity index (χ4n) is 1.37. The van der Waals surface area contributed by atoms with E-state index in [1.165, 1.54) is 0 Å². The van der Waals surface area contributed by atoms with Crippen LogP contribution >= 0.6 is 12.2 Å². The summed E-state index contributed by atoms with van der Waals surface area (Å²) >= 11 is 4.65. The number of benzene rings is 1. The van der Waals surface area contributed by atoms with E-state index in [2.05, 4.69) is 31.6 Å². The fraction of sp³-hybridized carbons (Fsp3) is 0.100. The summed E-state index contributed by atoms with van der Waals surface area (Å²) in [4.78, 5) is 3.28. The van der Waals surface area contributed by atoms with Crippen LogP contribution in [0, 0.1) is 5.82 Å². The van der Waals surface area contributed by atoms with Gasteiger partial charge in [-0.05, 0) is 18.2 Å². The lowest BCUT2D eigenvalue weighted by Crippen LogP contribution is -2.24. The second-order valence-electron chi connectivity index (χ2n) is 3.68. The molecule has 2 aromatic rings. The van der Waals surface area contributed by atoms with Crippen molar-refractivity contribution in [3.63, 3.8) is 0 Å². The van der Waals surface area contributed by atoms with Crippen LogP contribution in [0.2, 0.25) is 0 Å². The van der Waals surface area contributed by atoms with E-state index in [0.717, 1.165) is 24.6 Å². The van der Waals surface area contributed by atoms with Gasteiger partial charge in [0.15, 0.2) is 5.82 Å². The van der Waals surface area contributed by atoms with Crippen molar-refractivity contribution in [2.24, 2.45) is 5.73 Å². The highest BCUT2D eigenvalue weighted by atomic mass is 32.2. The van der Waals surface area contributed by atoms with Crippen LogP contribution in [0.1, 0.15) is 11.4 Å². The van der Waals surface area contributed by atoms with Crippen LogP contribution in [0.5, 0.6) is 0 Å². The molecule has 10 heteroatoms. The Hall–Kier alpha value is -1.91. The van der Waals surface area contributed by atoms with Gasteiger partial charge in [0.1, 0.15) is 10.8 Å². The lowest BCUT2D eigenvalue weighted by molar-refractivity contribution is 0.409. The van der Waals surface area contributed by atoms with Crippen LogP contribution in [-0.2, 0) is 16.6 Å². The molecule has 0 radical (unpaired) electrons. The quantitative estimate of drug-likeness (QED) is 0.764. The third-order valence-corrected chi connectivity index (χ3v) is 3.96. The Balaban J connectivity index is 2.25. The van der Waals surface area contributed by atoms with Gasteiger partial charge in [-0.25, -0.2) is 17.5 Å². The molecule has 0 fully saturated rings. The van der Waals surface area contributed by atoms with Crippen LogP contribution in [0.4, 0.5) is 4.39 Å². The zero-order valence-corrected chi connectivity index (χ0v) is 11.5. The smallest absolute Gasteiger partial charge is 0.241 e.